The van der Waals surface area contributed by atoms with E-state index in [4.69, 9.17) is 0 Å². The van der Waals surface area contributed by atoms with Crippen LogP contribution in [0.1, 0.15) is 18.4 Å². The molecule has 0 atom stereocenters. The average Bonchev–Trinajstić information content (AvgIpc) is 2.84. The summed E-state index contributed by atoms with van der Waals surface area (Å²) < 4.78 is 13.3. The van der Waals surface area contributed by atoms with Crippen molar-refractivity contribution >= 4 is 11.8 Å². The van der Waals surface area contributed by atoms with Gasteiger partial charge in [0.15, 0.2) is 0 Å². The van der Waals surface area contributed by atoms with Gasteiger partial charge in [-0.1, -0.05) is 12.1 Å². The lowest BCUT2D eigenvalue weighted by Crippen LogP contribution is -2.11. The molecular formula is C11H13FOS. The number of aliphatic hydroxyl groups is 1. The third-order valence-electron chi connectivity index (χ3n) is 2.60. The summed E-state index contributed by atoms with van der Waals surface area (Å²) in [4.78, 5) is 0.674. The van der Waals surface area contributed by atoms with E-state index in [2.05, 4.69) is 0 Å². The maximum Gasteiger partial charge on any atom is 0.137 e. The fourth-order valence-electron chi connectivity index (χ4n) is 1.60. The van der Waals surface area contributed by atoms with Crippen molar-refractivity contribution in [2.45, 2.75) is 29.8 Å². The summed E-state index contributed by atoms with van der Waals surface area (Å²) in [5.74, 6) is -0.181. The zero-order valence-electron chi connectivity index (χ0n) is 8.09. The Balaban J connectivity index is 2.27. The lowest BCUT2D eigenvalue weighted by molar-refractivity contribution is 0.150. The average molecular weight is 212 g/mol. The Kier molecular flexibility index (Phi) is 2.54. The zero-order valence-corrected chi connectivity index (χ0v) is 8.90. The van der Waals surface area contributed by atoms with Crippen LogP contribution in [0.3, 0.4) is 0 Å². The van der Waals surface area contributed by atoms with Crippen LogP contribution in [0.4, 0.5) is 4.39 Å². The van der Waals surface area contributed by atoms with Crippen LogP contribution in [0.5, 0.6) is 0 Å². The van der Waals surface area contributed by atoms with Crippen LogP contribution < -0.4 is 0 Å². The first kappa shape index (κ1) is 9.99. The SMILES string of the molecule is CSc1c(F)cccc1CC1(O)CC1. The van der Waals surface area contributed by atoms with Gasteiger partial charge in [-0.2, -0.15) is 0 Å². The van der Waals surface area contributed by atoms with E-state index in [1.165, 1.54) is 17.8 Å². The second kappa shape index (κ2) is 3.55. The number of thioether (sulfide) groups is 1. The Labute approximate surface area is 87.3 Å². The second-order valence-corrected chi connectivity index (χ2v) is 4.65. The molecule has 76 valence electrons. The molecule has 1 fully saturated rings. The zero-order chi connectivity index (χ0) is 10.2. The summed E-state index contributed by atoms with van der Waals surface area (Å²) >= 11 is 1.40. The van der Waals surface area contributed by atoms with E-state index in [1.54, 1.807) is 6.07 Å². The van der Waals surface area contributed by atoms with Crippen molar-refractivity contribution in [1.29, 1.82) is 0 Å². The van der Waals surface area contributed by atoms with Gasteiger partial charge in [-0.25, -0.2) is 4.39 Å². The van der Waals surface area contributed by atoms with Gasteiger partial charge < -0.3 is 5.11 Å². The predicted octanol–water partition coefficient (Wildman–Crippen LogP) is 2.62. The van der Waals surface area contributed by atoms with E-state index in [0.29, 0.717) is 11.3 Å². The standard InChI is InChI=1S/C11H13FOS/c1-14-10-8(3-2-4-9(10)12)7-11(13)5-6-11/h2-4,13H,5-7H2,1H3. The van der Waals surface area contributed by atoms with Crippen LogP contribution in [0.15, 0.2) is 23.1 Å². The summed E-state index contributed by atoms with van der Waals surface area (Å²) in [6.07, 6.45) is 4.13. The van der Waals surface area contributed by atoms with Crippen molar-refractivity contribution in [3.8, 4) is 0 Å². The molecule has 0 bridgehead atoms. The van der Waals surface area contributed by atoms with Crippen LogP contribution >= 0.6 is 11.8 Å². The molecule has 3 heteroatoms. The van der Waals surface area contributed by atoms with Crippen molar-refractivity contribution in [3.63, 3.8) is 0 Å². The van der Waals surface area contributed by atoms with Gasteiger partial charge in [0.1, 0.15) is 5.82 Å². The molecule has 0 aromatic heterocycles. The second-order valence-electron chi connectivity index (χ2n) is 3.83. The molecule has 1 aliphatic rings. The Morgan fingerprint density at radius 3 is 2.79 bits per heavy atom. The molecule has 1 N–H and O–H groups in total. The van der Waals surface area contributed by atoms with Crippen LogP contribution in [0.2, 0.25) is 0 Å². The first-order chi connectivity index (χ1) is 6.64. The van der Waals surface area contributed by atoms with Crippen LogP contribution in [0, 0.1) is 5.82 Å². The molecule has 0 heterocycles. The van der Waals surface area contributed by atoms with Crippen molar-refractivity contribution in [2.75, 3.05) is 6.26 Å². The molecule has 0 spiro atoms. The Morgan fingerprint density at radius 2 is 2.21 bits per heavy atom. The van der Waals surface area contributed by atoms with E-state index in [0.717, 1.165) is 18.4 Å². The van der Waals surface area contributed by atoms with Crippen molar-refractivity contribution in [1.82, 2.24) is 0 Å². The minimum atomic E-state index is -0.543. The highest BCUT2D eigenvalue weighted by Crippen LogP contribution is 2.40. The van der Waals surface area contributed by atoms with Gasteiger partial charge in [0, 0.05) is 11.3 Å². The molecule has 1 aliphatic carbocycles. The molecule has 0 aliphatic heterocycles. The maximum absolute atomic E-state index is 13.3. The van der Waals surface area contributed by atoms with E-state index in [9.17, 15) is 9.50 Å². The number of rotatable bonds is 3. The minimum absolute atomic E-state index is 0.181. The molecule has 1 aromatic rings. The van der Waals surface area contributed by atoms with E-state index in [-0.39, 0.29) is 5.82 Å². The molecule has 0 saturated heterocycles. The summed E-state index contributed by atoms with van der Waals surface area (Å²) in [6, 6.07) is 5.06. The van der Waals surface area contributed by atoms with Gasteiger partial charge in [0.2, 0.25) is 0 Å². The number of benzene rings is 1. The Bertz CT molecular complexity index is 347. The molecule has 0 unspecified atom stereocenters. The molecule has 2 rings (SSSR count). The van der Waals surface area contributed by atoms with Gasteiger partial charge in [0.05, 0.1) is 5.60 Å². The fraction of sp³-hybridized carbons (Fsp3) is 0.455. The summed E-state index contributed by atoms with van der Waals surface area (Å²) in [6.45, 7) is 0. The van der Waals surface area contributed by atoms with E-state index < -0.39 is 5.60 Å². The Hall–Kier alpha value is -0.540. The Morgan fingerprint density at radius 1 is 1.50 bits per heavy atom. The number of hydrogen-bond donors (Lipinski definition) is 1. The molecule has 1 saturated carbocycles. The van der Waals surface area contributed by atoms with Crippen LogP contribution in [-0.4, -0.2) is 17.0 Å². The number of halogens is 1. The van der Waals surface area contributed by atoms with Gasteiger partial charge in [-0.3, -0.25) is 0 Å². The summed E-state index contributed by atoms with van der Waals surface area (Å²) in [5, 5.41) is 9.76. The third-order valence-corrected chi connectivity index (χ3v) is 3.46. The highest BCUT2D eigenvalue weighted by Gasteiger charge is 2.40. The number of hydrogen-bond acceptors (Lipinski definition) is 2. The van der Waals surface area contributed by atoms with Crippen LogP contribution in [-0.2, 0) is 6.42 Å². The smallest absolute Gasteiger partial charge is 0.137 e. The monoisotopic (exact) mass is 212 g/mol. The van der Waals surface area contributed by atoms with Gasteiger partial charge in [0.25, 0.3) is 0 Å². The molecular weight excluding hydrogens is 199 g/mol. The highest BCUT2D eigenvalue weighted by molar-refractivity contribution is 7.98. The fourth-order valence-corrected chi connectivity index (χ4v) is 2.26. The minimum Gasteiger partial charge on any atom is -0.390 e. The first-order valence-corrected chi connectivity index (χ1v) is 5.91. The lowest BCUT2D eigenvalue weighted by Gasteiger charge is -2.11. The van der Waals surface area contributed by atoms with Crippen LogP contribution in [0.25, 0.3) is 0 Å². The van der Waals surface area contributed by atoms with Gasteiger partial charge in [-0.15, -0.1) is 11.8 Å². The van der Waals surface area contributed by atoms with Gasteiger partial charge >= 0.3 is 0 Å². The first-order valence-electron chi connectivity index (χ1n) is 4.68. The molecule has 0 radical (unpaired) electrons. The summed E-state index contributed by atoms with van der Waals surface area (Å²) in [7, 11) is 0. The molecule has 1 aromatic carbocycles. The molecule has 0 amide bonds. The van der Waals surface area contributed by atoms with Crippen molar-refractivity contribution in [3.05, 3.63) is 29.6 Å². The molecule has 14 heavy (non-hydrogen) atoms. The highest BCUT2D eigenvalue weighted by atomic mass is 32.2. The topological polar surface area (TPSA) is 20.2 Å². The predicted molar refractivity (Wildman–Crippen MR) is 56.1 cm³/mol. The normalized spacial score (nSPS) is 18.2. The quantitative estimate of drug-likeness (QED) is 0.777. The lowest BCUT2D eigenvalue weighted by atomic mass is 10.1. The van der Waals surface area contributed by atoms with Gasteiger partial charge in [-0.05, 0) is 30.7 Å². The maximum atomic E-state index is 13.3. The largest absolute Gasteiger partial charge is 0.390 e. The summed E-state index contributed by atoms with van der Waals surface area (Å²) in [5.41, 5.74) is 0.385. The van der Waals surface area contributed by atoms with E-state index in [1.807, 2.05) is 12.3 Å². The van der Waals surface area contributed by atoms with Crippen molar-refractivity contribution in [2.24, 2.45) is 0 Å². The van der Waals surface area contributed by atoms with E-state index >= 15 is 0 Å². The third kappa shape index (κ3) is 1.93. The van der Waals surface area contributed by atoms with Crippen molar-refractivity contribution < 1.29 is 9.50 Å². The molecule has 1 nitrogen and oxygen atoms in total.